The Kier molecular flexibility index (Phi) is 4.20. The topological polar surface area (TPSA) is 70.7 Å². The van der Waals surface area contributed by atoms with Crippen LogP contribution in [0.1, 0.15) is 6.92 Å². The van der Waals surface area contributed by atoms with Crippen molar-refractivity contribution >= 4 is 22.2 Å². The van der Waals surface area contributed by atoms with Gasteiger partial charge in [-0.15, -0.1) is 5.10 Å². The molecule has 0 saturated carbocycles. The van der Waals surface area contributed by atoms with Crippen molar-refractivity contribution in [1.29, 1.82) is 0 Å². The fourth-order valence-electron chi connectivity index (χ4n) is 3.81. The van der Waals surface area contributed by atoms with Crippen molar-refractivity contribution in [3.8, 4) is 28.0 Å². The Hall–Kier alpha value is -3.81. The lowest BCUT2D eigenvalue weighted by Gasteiger charge is -2.12. The van der Waals surface area contributed by atoms with Crippen molar-refractivity contribution in [3.63, 3.8) is 0 Å². The van der Waals surface area contributed by atoms with Crippen LogP contribution >= 0.6 is 0 Å². The molecule has 0 bridgehead atoms. The van der Waals surface area contributed by atoms with Gasteiger partial charge >= 0.3 is 0 Å². The first-order valence-electron chi connectivity index (χ1n) is 9.57. The summed E-state index contributed by atoms with van der Waals surface area (Å²) in [6, 6.07) is 8.75. The van der Waals surface area contributed by atoms with Crippen LogP contribution in [-0.2, 0) is 13.6 Å². The zero-order valence-corrected chi connectivity index (χ0v) is 16.8. The Morgan fingerprint density at radius 1 is 1.00 bits per heavy atom. The molecule has 0 saturated heterocycles. The number of methoxy groups -OCH3 is 1. The van der Waals surface area contributed by atoms with Crippen molar-refractivity contribution in [2.75, 3.05) is 7.11 Å². The minimum atomic E-state index is -0.343. The molecule has 0 aliphatic carbocycles. The van der Waals surface area contributed by atoms with Crippen LogP contribution in [0.15, 0.2) is 49.2 Å². The van der Waals surface area contributed by atoms with E-state index < -0.39 is 0 Å². The number of rotatable bonds is 4. The van der Waals surface area contributed by atoms with Crippen LogP contribution in [-0.4, -0.2) is 36.4 Å². The molecule has 0 radical (unpaired) electrons. The molecule has 2 aromatic carbocycles. The highest BCUT2D eigenvalue weighted by molar-refractivity contribution is 5.94. The minimum absolute atomic E-state index is 0.343. The maximum atomic E-state index is 14.9. The Balaban J connectivity index is 1.73. The highest BCUT2D eigenvalue weighted by Gasteiger charge is 2.18. The van der Waals surface area contributed by atoms with E-state index in [2.05, 4.69) is 20.2 Å². The highest BCUT2D eigenvalue weighted by Crippen LogP contribution is 2.39. The van der Waals surface area contributed by atoms with Crippen molar-refractivity contribution in [1.82, 2.24) is 29.3 Å². The summed E-state index contributed by atoms with van der Waals surface area (Å²) in [4.78, 5) is 8.92. The number of benzene rings is 2. The van der Waals surface area contributed by atoms with Gasteiger partial charge in [-0.25, -0.2) is 14.4 Å². The second-order valence-corrected chi connectivity index (χ2v) is 7.03. The molecule has 0 fully saturated rings. The standard InChI is InChI=1S/C22H19FN6O/c1-4-29-12-25-19-16(10-26-27-22(19)29)13-5-7-17(23)15(9-13)14-6-8-18-20(21(14)30-3)24-11-28(18)2/h5-12H,4H2,1-3H3. The fraction of sp³-hybridized carbons (Fsp3) is 0.182. The molecule has 7 nitrogen and oxygen atoms in total. The summed E-state index contributed by atoms with van der Waals surface area (Å²) in [5, 5.41) is 8.34. The van der Waals surface area contributed by atoms with Gasteiger partial charge in [0.1, 0.15) is 16.9 Å². The van der Waals surface area contributed by atoms with E-state index in [0.29, 0.717) is 28.0 Å². The normalized spacial score (nSPS) is 11.5. The number of nitrogens with zero attached hydrogens (tertiary/aromatic N) is 6. The molecule has 30 heavy (non-hydrogen) atoms. The first-order valence-corrected chi connectivity index (χ1v) is 9.57. The summed E-state index contributed by atoms with van der Waals surface area (Å²) in [7, 11) is 3.48. The molecule has 5 aromatic rings. The summed E-state index contributed by atoms with van der Waals surface area (Å²) < 4.78 is 24.4. The number of halogens is 1. The van der Waals surface area contributed by atoms with E-state index in [9.17, 15) is 4.39 Å². The van der Waals surface area contributed by atoms with Crippen molar-refractivity contribution in [2.45, 2.75) is 13.5 Å². The molecule has 3 heterocycles. The van der Waals surface area contributed by atoms with Gasteiger partial charge in [-0.2, -0.15) is 5.10 Å². The van der Waals surface area contributed by atoms with E-state index in [4.69, 9.17) is 4.74 Å². The summed E-state index contributed by atoms with van der Waals surface area (Å²) in [6.07, 6.45) is 5.12. The first-order chi connectivity index (χ1) is 14.6. The van der Waals surface area contributed by atoms with Crippen LogP contribution < -0.4 is 4.74 Å². The van der Waals surface area contributed by atoms with E-state index in [-0.39, 0.29) is 5.82 Å². The molecular weight excluding hydrogens is 383 g/mol. The highest BCUT2D eigenvalue weighted by atomic mass is 19.1. The largest absolute Gasteiger partial charge is 0.494 e. The smallest absolute Gasteiger partial charge is 0.183 e. The van der Waals surface area contributed by atoms with Crippen LogP contribution in [0.5, 0.6) is 5.75 Å². The molecular formula is C22H19FN6O. The molecule has 8 heteroatoms. The zero-order chi connectivity index (χ0) is 20.8. The second-order valence-electron chi connectivity index (χ2n) is 7.03. The van der Waals surface area contributed by atoms with E-state index in [1.807, 2.05) is 35.2 Å². The van der Waals surface area contributed by atoms with Crippen molar-refractivity contribution < 1.29 is 9.13 Å². The van der Waals surface area contributed by atoms with Gasteiger partial charge in [-0.1, -0.05) is 6.07 Å². The lowest BCUT2D eigenvalue weighted by molar-refractivity contribution is 0.420. The number of aryl methyl sites for hydroxylation is 2. The number of hydrogen-bond donors (Lipinski definition) is 0. The molecule has 3 aromatic heterocycles. The van der Waals surface area contributed by atoms with E-state index >= 15 is 0 Å². The average Bonchev–Trinajstić information content (AvgIpc) is 3.37. The van der Waals surface area contributed by atoms with Gasteiger partial charge in [-0.3, -0.25) is 0 Å². The molecule has 0 unspecified atom stereocenters. The van der Waals surface area contributed by atoms with E-state index in [0.717, 1.165) is 28.7 Å². The minimum Gasteiger partial charge on any atom is -0.494 e. The second kappa shape index (κ2) is 6.91. The number of aromatic nitrogens is 6. The number of imidazole rings is 2. The van der Waals surface area contributed by atoms with Gasteiger partial charge in [0, 0.05) is 30.3 Å². The first kappa shape index (κ1) is 18.2. The van der Waals surface area contributed by atoms with Crippen LogP contribution in [0, 0.1) is 5.82 Å². The maximum absolute atomic E-state index is 14.9. The third kappa shape index (κ3) is 2.64. The third-order valence-electron chi connectivity index (χ3n) is 5.37. The molecule has 0 spiro atoms. The number of fused-ring (bicyclic) bond motifs is 2. The molecule has 5 rings (SSSR count). The summed E-state index contributed by atoms with van der Waals surface area (Å²) in [5.74, 6) is 0.196. The Bertz CT molecular complexity index is 1400. The number of hydrogen-bond acceptors (Lipinski definition) is 5. The molecule has 150 valence electrons. The van der Waals surface area contributed by atoms with Gasteiger partial charge in [0.25, 0.3) is 0 Å². The molecule has 0 atom stereocenters. The van der Waals surface area contributed by atoms with Crippen LogP contribution in [0.4, 0.5) is 4.39 Å². The van der Waals surface area contributed by atoms with Crippen LogP contribution in [0.25, 0.3) is 44.5 Å². The Morgan fingerprint density at radius 3 is 2.63 bits per heavy atom. The van der Waals surface area contributed by atoms with Gasteiger partial charge in [0.15, 0.2) is 11.4 Å². The quantitative estimate of drug-likeness (QED) is 0.450. The Labute approximate surface area is 171 Å². The van der Waals surface area contributed by atoms with Gasteiger partial charge < -0.3 is 13.9 Å². The summed E-state index contributed by atoms with van der Waals surface area (Å²) in [6.45, 7) is 2.76. The monoisotopic (exact) mass is 402 g/mol. The van der Waals surface area contributed by atoms with E-state index in [1.54, 1.807) is 38.1 Å². The van der Waals surface area contributed by atoms with Crippen LogP contribution in [0.2, 0.25) is 0 Å². The fourth-order valence-corrected chi connectivity index (χ4v) is 3.81. The summed E-state index contributed by atoms with van der Waals surface area (Å²) in [5.41, 5.74) is 5.71. The van der Waals surface area contributed by atoms with Crippen LogP contribution in [0.3, 0.4) is 0 Å². The predicted octanol–water partition coefficient (Wildman–Crippen LogP) is 4.21. The lowest BCUT2D eigenvalue weighted by atomic mass is 9.98. The lowest BCUT2D eigenvalue weighted by Crippen LogP contribution is -1.96. The van der Waals surface area contributed by atoms with Crippen molar-refractivity contribution in [2.24, 2.45) is 7.05 Å². The van der Waals surface area contributed by atoms with Gasteiger partial charge in [-0.05, 0) is 36.8 Å². The zero-order valence-electron chi connectivity index (χ0n) is 16.8. The molecule has 0 aliphatic rings. The maximum Gasteiger partial charge on any atom is 0.183 e. The van der Waals surface area contributed by atoms with E-state index in [1.165, 1.54) is 6.07 Å². The van der Waals surface area contributed by atoms with Gasteiger partial charge in [0.05, 0.1) is 31.5 Å². The third-order valence-corrected chi connectivity index (χ3v) is 5.37. The molecule has 0 amide bonds. The molecule has 0 aliphatic heterocycles. The van der Waals surface area contributed by atoms with Crippen molar-refractivity contribution in [3.05, 3.63) is 55.0 Å². The van der Waals surface area contributed by atoms with Gasteiger partial charge in [0.2, 0.25) is 0 Å². The predicted molar refractivity (Wildman–Crippen MR) is 113 cm³/mol. The molecule has 0 N–H and O–H groups in total. The number of ether oxygens (including phenoxy) is 1. The average molecular weight is 402 g/mol. The summed E-state index contributed by atoms with van der Waals surface area (Å²) >= 11 is 0. The Morgan fingerprint density at radius 2 is 1.83 bits per heavy atom. The SMILES string of the molecule is CCn1cnc2c(-c3ccc(F)c(-c4ccc5c(ncn5C)c4OC)c3)cnnc21.